The number of hydrogen-bond acceptors (Lipinski definition) is 5. The highest BCUT2D eigenvalue weighted by atomic mass is 16.5. The second kappa shape index (κ2) is 8.84. The van der Waals surface area contributed by atoms with Crippen LogP contribution in [-0.2, 0) is 9.59 Å². The summed E-state index contributed by atoms with van der Waals surface area (Å²) >= 11 is 0. The fraction of sp³-hybridized carbons (Fsp3) is 0.316. The van der Waals surface area contributed by atoms with Gasteiger partial charge in [0.05, 0.1) is 24.5 Å². The number of anilines is 2. The molecule has 2 amide bonds. The Labute approximate surface area is 153 Å². The normalized spacial score (nSPS) is 11.4. The van der Waals surface area contributed by atoms with Crippen LogP contribution < -0.4 is 20.3 Å². The molecule has 0 spiro atoms. The summed E-state index contributed by atoms with van der Waals surface area (Å²) < 4.78 is 5.39. The second-order valence-electron chi connectivity index (χ2n) is 5.95. The van der Waals surface area contributed by atoms with E-state index in [-0.39, 0.29) is 6.04 Å². The van der Waals surface area contributed by atoms with Crippen LogP contribution in [0.3, 0.4) is 0 Å². The van der Waals surface area contributed by atoms with Gasteiger partial charge in [0.2, 0.25) is 0 Å². The standard InChI is InChI=1S/C19H24N4O3/c1-5-26-16-9-6-14(7-10-16)13(2)21-18(24)19(25)22-15-8-11-17(20-12-15)23(3)4/h6-13H,5H2,1-4H3,(H,21,24)(H,22,25). The second-order valence-corrected chi connectivity index (χ2v) is 5.95. The quantitative estimate of drug-likeness (QED) is 0.777. The third-order valence-corrected chi connectivity index (χ3v) is 3.71. The lowest BCUT2D eigenvalue weighted by Crippen LogP contribution is -2.36. The van der Waals surface area contributed by atoms with E-state index < -0.39 is 11.8 Å². The molecule has 7 heteroatoms. The van der Waals surface area contributed by atoms with Crippen LogP contribution in [0.5, 0.6) is 5.75 Å². The fourth-order valence-electron chi connectivity index (χ4n) is 2.28. The first-order chi connectivity index (χ1) is 12.4. The maximum Gasteiger partial charge on any atom is 0.313 e. The SMILES string of the molecule is CCOc1ccc(C(C)NC(=O)C(=O)Nc2ccc(N(C)C)nc2)cc1. The third-order valence-electron chi connectivity index (χ3n) is 3.71. The predicted octanol–water partition coefficient (Wildman–Crippen LogP) is 2.36. The van der Waals surface area contributed by atoms with E-state index in [2.05, 4.69) is 15.6 Å². The summed E-state index contributed by atoms with van der Waals surface area (Å²) in [6.07, 6.45) is 1.51. The van der Waals surface area contributed by atoms with Gasteiger partial charge in [-0.25, -0.2) is 4.98 Å². The first-order valence-corrected chi connectivity index (χ1v) is 8.38. The molecular formula is C19H24N4O3. The molecule has 1 aromatic carbocycles. The number of aromatic nitrogens is 1. The zero-order valence-electron chi connectivity index (χ0n) is 15.4. The van der Waals surface area contributed by atoms with Crippen LogP contribution in [0.25, 0.3) is 0 Å². The number of nitrogens with one attached hydrogen (secondary N) is 2. The van der Waals surface area contributed by atoms with E-state index >= 15 is 0 Å². The molecule has 138 valence electrons. The summed E-state index contributed by atoms with van der Waals surface area (Å²) in [6.45, 7) is 4.32. The smallest absolute Gasteiger partial charge is 0.313 e. The van der Waals surface area contributed by atoms with Crippen LogP contribution >= 0.6 is 0 Å². The monoisotopic (exact) mass is 356 g/mol. The van der Waals surface area contributed by atoms with E-state index in [0.717, 1.165) is 17.1 Å². The zero-order chi connectivity index (χ0) is 19.1. The Hall–Kier alpha value is -3.09. The summed E-state index contributed by atoms with van der Waals surface area (Å²) in [5, 5.41) is 5.22. The van der Waals surface area contributed by atoms with Crippen molar-refractivity contribution in [1.82, 2.24) is 10.3 Å². The van der Waals surface area contributed by atoms with Crippen LogP contribution in [0.1, 0.15) is 25.5 Å². The molecular weight excluding hydrogens is 332 g/mol. The molecule has 1 aromatic heterocycles. The highest BCUT2D eigenvalue weighted by molar-refractivity contribution is 6.39. The highest BCUT2D eigenvalue weighted by Gasteiger charge is 2.17. The van der Waals surface area contributed by atoms with Crippen molar-refractivity contribution in [3.63, 3.8) is 0 Å². The lowest BCUT2D eigenvalue weighted by atomic mass is 10.1. The summed E-state index contributed by atoms with van der Waals surface area (Å²) in [4.78, 5) is 30.2. The van der Waals surface area contributed by atoms with Crippen LogP contribution in [0.15, 0.2) is 42.6 Å². The van der Waals surface area contributed by atoms with Gasteiger partial charge in [-0.15, -0.1) is 0 Å². The molecule has 26 heavy (non-hydrogen) atoms. The van der Waals surface area contributed by atoms with Crippen molar-refractivity contribution >= 4 is 23.3 Å². The Balaban J connectivity index is 1.92. The van der Waals surface area contributed by atoms with Crippen molar-refractivity contribution < 1.29 is 14.3 Å². The Morgan fingerprint density at radius 1 is 1.12 bits per heavy atom. The van der Waals surface area contributed by atoms with Crippen molar-refractivity contribution in [3.8, 4) is 5.75 Å². The molecule has 0 radical (unpaired) electrons. The number of carbonyl (C=O) groups is 2. The van der Waals surface area contributed by atoms with Crippen LogP contribution in [-0.4, -0.2) is 37.5 Å². The van der Waals surface area contributed by atoms with Gasteiger partial charge < -0.3 is 20.3 Å². The number of hydrogen-bond donors (Lipinski definition) is 2. The molecule has 1 unspecified atom stereocenters. The maximum absolute atomic E-state index is 12.1. The van der Waals surface area contributed by atoms with E-state index in [1.54, 1.807) is 12.1 Å². The molecule has 2 aromatic rings. The van der Waals surface area contributed by atoms with E-state index in [1.807, 2.05) is 57.1 Å². The topological polar surface area (TPSA) is 83.6 Å². The molecule has 1 heterocycles. The van der Waals surface area contributed by atoms with Crippen LogP contribution in [0.2, 0.25) is 0 Å². The molecule has 0 aliphatic heterocycles. The van der Waals surface area contributed by atoms with E-state index in [0.29, 0.717) is 12.3 Å². The number of carbonyl (C=O) groups excluding carboxylic acids is 2. The molecule has 2 rings (SSSR count). The highest BCUT2D eigenvalue weighted by Crippen LogP contribution is 2.17. The first kappa shape index (κ1) is 19.2. The molecule has 0 fully saturated rings. The van der Waals surface area contributed by atoms with E-state index in [4.69, 9.17) is 4.74 Å². The number of ether oxygens (including phenoxy) is 1. The molecule has 0 saturated heterocycles. The summed E-state index contributed by atoms with van der Waals surface area (Å²) in [5.41, 5.74) is 1.34. The van der Waals surface area contributed by atoms with Gasteiger partial charge >= 0.3 is 11.8 Å². The van der Waals surface area contributed by atoms with E-state index in [1.165, 1.54) is 6.20 Å². The largest absolute Gasteiger partial charge is 0.494 e. The van der Waals surface area contributed by atoms with Crippen LogP contribution in [0.4, 0.5) is 11.5 Å². The number of pyridine rings is 1. The summed E-state index contributed by atoms with van der Waals surface area (Å²) in [6, 6.07) is 10.5. The molecule has 0 saturated carbocycles. The van der Waals surface area contributed by atoms with Crippen molar-refractivity contribution in [1.29, 1.82) is 0 Å². The van der Waals surface area contributed by atoms with Gasteiger partial charge in [-0.05, 0) is 43.7 Å². The molecule has 1 atom stereocenters. The van der Waals surface area contributed by atoms with Gasteiger partial charge in [-0.3, -0.25) is 9.59 Å². The molecule has 0 aliphatic carbocycles. The minimum absolute atomic E-state index is 0.307. The predicted molar refractivity (Wildman–Crippen MR) is 101 cm³/mol. The van der Waals surface area contributed by atoms with Crippen molar-refractivity contribution in [2.75, 3.05) is 30.9 Å². The van der Waals surface area contributed by atoms with Gasteiger partial charge in [-0.2, -0.15) is 0 Å². The Kier molecular flexibility index (Phi) is 6.54. The lowest BCUT2D eigenvalue weighted by molar-refractivity contribution is -0.136. The van der Waals surface area contributed by atoms with Crippen molar-refractivity contribution in [3.05, 3.63) is 48.2 Å². The van der Waals surface area contributed by atoms with Gasteiger partial charge in [0.15, 0.2) is 0 Å². The maximum atomic E-state index is 12.1. The number of nitrogens with zero attached hydrogens (tertiary/aromatic N) is 2. The molecule has 7 nitrogen and oxygen atoms in total. The zero-order valence-corrected chi connectivity index (χ0v) is 15.4. The van der Waals surface area contributed by atoms with Crippen LogP contribution in [0, 0.1) is 0 Å². The number of benzene rings is 1. The summed E-state index contributed by atoms with van der Waals surface area (Å²) in [5.74, 6) is 0.0861. The van der Waals surface area contributed by atoms with Gasteiger partial charge in [0.25, 0.3) is 0 Å². The van der Waals surface area contributed by atoms with Crippen molar-refractivity contribution in [2.24, 2.45) is 0 Å². The number of rotatable bonds is 6. The summed E-state index contributed by atoms with van der Waals surface area (Å²) in [7, 11) is 3.74. The first-order valence-electron chi connectivity index (χ1n) is 8.38. The average Bonchev–Trinajstić information content (AvgIpc) is 2.63. The van der Waals surface area contributed by atoms with E-state index in [9.17, 15) is 9.59 Å². The Bertz CT molecular complexity index is 742. The minimum Gasteiger partial charge on any atom is -0.494 e. The average molecular weight is 356 g/mol. The minimum atomic E-state index is -0.734. The molecule has 0 bridgehead atoms. The molecule has 2 N–H and O–H groups in total. The van der Waals surface area contributed by atoms with Gasteiger partial charge in [-0.1, -0.05) is 12.1 Å². The van der Waals surface area contributed by atoms with Gasteiger partial charge in [0, 0.05) is 14.1 Å². The number of amides is 2. The fourth-order valence-corrected chi connectivity index (χ4v) is 2.28. The van der Waals surface area contributed by atoms with Gasteiger partial charge in [0.1, 0.15) is 11.6 Å². The van der Waals surface area contributed by atoms with Crippen molar-refractivity contribution in [2.45, 2.75) is 19.9 Å². The molecule has 0 aliphatic rings. The third kappa shape index (κ3) is 5.20. The Morgan fingerprint density at radius 3 is 2.35 bits per heavy atom. The Morgan fingerprint density at radius 2 is 1.81 bits per heavy atom. The lowest BCUT2D eigenvalue weighted by Gasteiger charge is -2.15.